The molecular weight excluding hydrogens is 328 g/mol. The van der Waals surface area contributed by atoms with Gasteiger partial charge in [-0.1, -0.05) is 31.3 Å². The van der Waals surface area contributed by atoms with E-state index in [0.717, 1.165) is 23.6 Å². The first kappa shape index (κ1) is 16.9. The molecule has 3 aromatic rings. The van der Waals surface area contributed by atoms with E-state index in [1.807, 2.05) is 25.5 Å². The van der Waals surface area contributed by atoms with Crippen LogP contribution in [0.25, 0.3) is 11.4 Å². The van der Waals surface area contributed by atoms with E-state index >= 15 is 0 Å². The van der Waals surface area contributed by atoms with Gasteiger partial charge < -0.3 is 9.09 Å². The van der Waals surface area contributed by atoms with Crippen molar-refractivity contribution in [3.8, 4) is 11.4 Å². The van der Waals surface area contributed by atoms with Crippen molar-refractivity contribution < 1.29 is 4.52 Å². The minimum atomic E-state index is -0.0493. The van der Waals surface area contributed by atoms with Crippen LogP contribution in [0.3, 0.4) is 0 Å². The lowest BCUT2D eigenvalue weighted by molar-refractivity contribution is 0.331. The van der Waals surface area contributed by atoms with E-state index < -0.39 is 0 Å². The largest absolute Gasteiger partial charge is 0.337 e. The molecule has 0 aliphatic heterocycles. The maximum atomic E-state index is 5.39. The van der Waals surface area contributed by atoms with Crippen molar-refractivity contribution in [2.24, 2.45) is 0 Å². The SMILES string of the molecule is CC[C@@H](c1nc(C)no1)n1ccnc1-c1cnc(C2CCCCC2)nc1. The van der Waals surface area contributed by atoms with E-state index in [0.29, 0.717) is 17.6 Å². The zero-order valence-corrected chi connectivity index (χ0v) is 15.3. The summed E-state index contributed by atoms with van der Waals surface area (Å²) in [5.41, 5.74) is 0.907. The molecule has 1 atom stereocenters. The van der Waals surface area contributed by atoms with E-state index in [-0.39, 0.29) is 6.04 Å². The Bertz CT molecular complexity index is 847. The van der Waals surface area contributed by atoms with E-state index in [4.69, 9.17) is 4.52 Å². The summed E-state index contributed by atoms with van der Waals surface area (Å²) >= 11 is 0. The normalized spacial score (nSPS) is 16.7. The maximum absolute atomic E-state index is 5.39. The highest BCUT2D eigenvalue weighted by Crippen LogP contribution is 2.31. The summed E-state index contributed by atoms with van der Waals surface area (Å²) in [6.07, 6.45) is 14.6. The number of aryl methyl sites for hydroxylation is 1. The number of hydrogen-bond donors (Lipinski definition) is 0. The van der Waals surface area contributed by atoms with Gasteiger partial charge in [-0.3, -0.25) is 0 Å². The molecule has 26 heavy (non-hydrogen) atoms. The third-order valence-corrected chi connectivity index (χ3v) is 5.12. The van der Waals surface area contributed by atoms with Gasteiger partial charge in [0.15, 0.2) is 5.82 Å². The number of rotatable bonds is 5. The molecule has 1 aliphatic carbocycles. The van der Waals surface area contributed by atoms with Crippen LogP contribution in [0.15, 0.2) is 29.3 Å². The lowest BCUT2D eigenvalue weighted by atomic mass is 9.89. The van der Waals surface area contributed by atoms with E-state index in [9.17, 15) is 0 Å². The fourth-order valence-corrected chi connectivity index (χ4v) is 3.75. The lowest BCUT2D eigenvalue weighted by Crippen LogP contribution is -2.12. The Morgan fingerprint density at radius 2 is 1.92 bits per heavy atom. The summed E-state index contributed by atoms with van der Waals surface area (Å²) < 4.78 is 7.45. The Kier molecular flexibility index (Phi) is 4.77. The Morgan fingerprint density at radius 3 is 2.58 bits per heavy atom. The molecule has 1 aliphatic rings. The van der Waals surface area contributed by atoms with Crippen LogP contribution in [0.1, 0.15) is 74.9 Å². The quantitative estimate of drug-likeness (QED) is 0.688. The van der Waals surface area contributed by atoms with Crippen molar-refractivity contribution in [3.05, 3.63) is 42.3 Å². The minimum Gasteiger partial charge on any atom is -0.337 e. The van der Waals surface area contributed by atoms with Gasteiger partial charge in [0, 0.05) is 30.7 Å². The van der Waals surface area contributed by atoms with Crippen LogP contribution in [-0.2, 0) is 0 Å². The molecule has 0 N–H and O–H groups in total. The van der Waals surface area contributed by atoms with Crippen LogP contribution in [0.4, 0.5) is 0 Å². The van der Waals surface area contributed by atoms with Crippen molar-refractivity contribution in [3.63, 3.8) is 0 Å². The molecule has 1 saturated carbocycles. The van der Waals surface area contributed by atoms with Crippen LogP contribution in [-0.4, -0.2) is 29.7 Å². The lowest BCUT2D eigenvalue weighted by Gasteiger charge is -2.20. The topological polar surface area (TPSA) is 82.5 Å². The second-order valence-corrected chi connectivity index (χ2v) is 6.93. The Labute approximate surface area is 152 Å². The van der Waals surface area contributed by atoms with Crippen LogP contribution < -0.4 is 0 Å². The second-order valence-electron chi connectivity index (χ2n) is 6.93. The molecule has 0 aromatic carbocycles. The van der Waals surface area contributed by atoms with Crippen LogP contribution >= 0.6 is 0 Å². The highest BCUT2D eigenvalue weighted by molar-refractivity contribution is 5.53. The number of imidazole rings is 1. The van der Waals surface area contributed by atoms with Gasteiger partial charge in [-0.15, -0.1) is 0 Å². The molecular formula is C19H24N6O. The van der Waals surface area contributed by atoms with Crippen molar-refractivity contribution in [2.75, 3.05) is 0 Å². The average Bonchev–Trinajstić information content (AvgIpc) is 3.33. The third-order valence-electron chi connectivity index (χ3n) is 5.12. The molecule has 3 heterocycles. The first-order valence-electron chi connectivity index (χ1n) is 9.41. The van der Waals surface area contributed by atoms with Crippen LogP contribution in [0.5, 0.6) is 0 Å². The predicted octanol–water partition coefficient (Wildman–Crippen LogP) is 4.08. The Balaban J connectivity index is 1.61. The molecule has 0 amide bonds. The van der Waals surface area contributed by atoms with Gasteiger partial charge >= 0.3 is 0 Å². The number of nitrogens with zero attached hydrogens (tertiary/aromatic N) is 6. The van der Waals surface area contributed by atoms with Gasteiger partial charge in [0.25, 0.3) is 0 Å². The summed E-state index contributed by atoms with van der Waals surface area (Å²) in [6, 6.07) is -0.0493. The fourth-order valence-electron chi connectivity index (χ4n) is 3.75. The summed E-state index contributed by atoms with van der Waals surface area (Å²) in [6.45, 7) is 3.92. The zero-order valence-electron chi connectivity index (χ0n) is 15.3. The molecule has 4 rings (SSSR count). The number of aromatic nitrogens is 6. The molecule has 0 unspecified atom stereocenters. The van der Waals surface area contributed by atoms with Gasteiger partial charge in [-0.2, -0.15) is 4.98 Å². The van der Waals surface area contributed by atoms with E-state index in [2.05, 4.69) is 36.6 Å². The molecule has 7 nitrogen and oxygen atoms in total. The molecule has 0 saturated heterocycles. The highest BCUT2D eigenvalue weighted by atomic mass is 16.5. The molecule has 0 bridgehead atoms. The van der Waals surface area contributed by atoms with Crippen molar-refractivity contribution in [1.29, 1.82) is 0 Å². The van der Waals surface area contributed by atoms with E-state index in [1.54, 1.807) is 6.20 Å². The number of hydrogen-bond acceptors (Lipinski definition) is 6. The van der Waals surface area contributed by atoms with Gasteiger partial charge in [0.1, 0.15) is 17.7 Å². The Hall–Kier alpha value is -2.57. The molecule has 136 valence electrons. The fraction of sp³-hybridized carbons (Fsp3) is 0.526. The molecule has 7 heteroatoms. The maximum Gasteiger partial charge on any atom is 0.249 e. The molecule has 1 fully saturated rings. The smallest absolute Gasteiger partial charge is 0.249 e. The van der Waals surface area contributed by atoms with Gasteiger partial charge in [0.05, 0.1) is 5.56 Å². The minimum absolute atomic E-state index is 0.0493. The Morgan fingerprint density at radius 1 is 1.15 bits per heavy atom. The zero-order chi connectivity index (χ0) is 17.9. The van der Waals surface area contributed by atoms with Gasteiger partial charge in [0.2, 0.25) is 5.89 Å². The molecule has 3 aromatic heterocycles. The summed E-state index contributed by atoms with van der Waals surface area (Å²) in [7, 11) is 0. The standard InChI is InChI=1S/C19H24N6O/c1-3-16(19-23-13(2)24-26-19)25-10-9-20-18(25)15-11-21-17(22-12-15)14-7-5-4-6-8-14/h9-12,14,16H,3-8H2,1-2H3/t16-/m0/s1. The van der Waals surface area contributed by atoms with Gasteiger partial charge in [-0.05, 0) is 26.2 Å². The van der Waals surface area contributed by atoms with Crippen molar-refractivity contribution in [1.82, 2.24) is 29.7 Å². The van der Waals surface area contributed by atoms with Crippen molar-refractivity contribution in [2.45, 2.75) is 64.3 Å². The highest BCUT2D eigenvalue weighted by Gasteiger charge is 2.23. The van der Waals surface area contributed by atoms with Crippen LogP contribution in [0.2, 0.25) is 0 Å². The summed E-state index contributed by atoms with van der Waals surface area (Å²) in [5, 5.41) is 3.92. The van der Waals surface area contributed by atoms with Crippen LogP contribution in [0, 0.1) is 6.92 Å². The van der Waals surface area contributed by atoms with Gasteiger partial charge in [-0.25, -0.2) is 15.0 Å². The third kappa shape index (κ3) is 3.25. The van der Waals surface area contributed by atoms with E-state index in [1.165, 1.54) is 32.1 Å². The average molecular weight is 352 g/mol. The summed E-state index contributed by atoms with van der Waals surface area (Å²) in [5.74, 6) is 3.53. The summed E-state index contributed by atoms with van der Waals surface area (Å²) in [4.78, 5) is 18.2. The molecule has 0 spiro atoms. The second kappa shape index (κ2) is 7.35. The predicted molar refractivity (Wildman–Crippen MR) is 96.5 cm³/mol. The monoisotopic (exact) mass is 352 g/mol. The van der Waals surface area contributed by atoms with Crippen molar-refractivity contribution >= 4 is 0 Å². The molecule has 0 radical (unpaired) electrons. The first-order valence-corrected chi connectivity index (χ1v) is 9.41. The first-order chi connectivity index (χ1) is 12.8.